The first-order valence-electron chi connectivity index (χ1n) is 3.70. The molecule has 1 aliphatic rings. The Hall–Kier alpha value is -0.440. The second-order valence-corrected chi connectivity index (χ2v) is 3.34. The summed E-state index contributed by atoms with van der Waals surface area (Å²) in [4.78, 5) is 0. The first-order valence-corrected chi connectivity index (χ1v) is 3.70. The molecule has 0 heteroatoms. The number of hydrogen-bond acceptors (Lipinski definition) is 0. The molecule has 0 unspecified atom stereocenters. The smallest absolute Gasteiger partial charge is 0.0205 e. The third-order valence-corrected chi connectivity index (χ3v) is 2.35. The quantitative estimate of drug-likeness (QED) is 0.468. The fourth-order valence-electron chi connectivity index (χ4n) is 1.34. The molecule has 1 fully saturated rings. The summed E-state index contributed by atoms with van der Waals surface area (Å²) in [5.74, 6) is 5.16. The molecule has 9 heavy (non-hydrogen) atoms. The average Bonchev–Trinajstić information content (AvgIpc) is 1.61. The topological polar surface area (TPSA) is 0 Å². The van der Waals surface area contributed by atoms with E-state index >= 15 is 0 Å². The summed E-state index contributed by atoms with van der Waals surface area (Å²) in [5, 5.41) is 0. The fraction of sp³-hybridized carbons (Fsp3) is 0.778. The van der Waals surface area contributed by atoms with Crippen LogP contribution in [0.4, 0.5) is 0 Å². The minimum atomic E-state index is 0.609. The van der Waals surface area contributed by atoms with Gasteiger partial charge in [-0.2, -0.15) is 0 Å². The Morgan fingerprint density at radius 3 is 2.33 bits per heavy atom. The predicted molar refractivity (Wildman–Crippen MR) is 39.9 cm³/mol. The molecule has 0 aromatic heterocycles. The van der Waals surface area contributed by atoms with Gasteiger partial charge in [-0.25, -0.2) is 0 Å². The zero-order chi connectivity index (χ0) is 6.85. The molecule has 0 saturated heterocycles. The van der Waals surface area contributed by atoms with Crippen LogP contribution in [0.3, 0.4) is 0 Å². The Morgan fingerprint density at radius 2 is 2.00 bits per heavy atom. The van der Waals surface area contributed by atoms with Crippen LogP contribution in [-0.2, 0) is 0 Å². The third-order valence-electron chi connectivity index (χ3n) is 2.35. The minimum absolute atomic E-state index is 0.609. The van der Waals surface area contributed by atoms with Gasteiger partial charge in [0.25, 0.3) is 0 Å². The lowest BCUT2D eigenvalue weighted by Crippen LogP contribution is -2.26. The van der Waals surface area contributed by atoms with Crippen LogP contribution in [0, 0.1) is 30.1 Å². The van der Waals surface area contributed by atoms with Crippen molar-refractivity contribution >= 4 is 0 Å². The van der Waals surface area contributed by atoms with Crippen LogP contribution in [0.5, 0.6) is 0 Å². The second-order valence-electron chi connectivity index (χ2n) is 3.34. The molecule has 0 atom stereocenters. The summed E-state index contributed by atoms with van der Waals surface area (Å²) in [5.41, 5.74) is 0. The van der Waals surface area contributed by atoms with Crippen molar-refractivity contribution in [3.8, 4) is 12.3 Å². The van der Waals surface area contributed by atoms with E-state index in [0.29, 0.717) is 5.92 Å². The van der Waals surface area contributed by atoms with Crippen molar-refractivity contribution in [1.29, 1.82) is 0 Å². The van der Waals surface area contributed by atoms with Gasteiger partial charge in [0.1, 0.15) is 0 Å². The van der Waals surface area contributed by atoms with Gasteiger partial charge in [-0.05, 0) is 24.7 Å². The lowest BCUT2D eigenvalue weighted by atomic mass is 9.70. The SMILES string of the molecule is C#CC1CC(C(C)C)C1. The van der Waals surface area contributed by atoms with E-state index in [1.807, 2.05) is 0 Å². The van der Waals surface area contributed by atoms with Crippen molar-refractivity contribution < 1.29 is 0 Å². The molecule has 0 aromatic rings. The normalized spacial score (nSPS) is 33.6. The largest absolute Gasteiger partial charge is 0.120 e. The summed E-state index contributed by atoms with van der Waals surface area (Å²) in [6.07, 6.45) is 7.79. The van der Waals surface area contributed by atoms with Crippen LogP contribution >= 0.6 is 0 Å². The second kappa shape index (κ2) is 2.43. The lowest BCUT2D eigenvalue weighted by Gasteiger charge is -2.34. The molecule has 0 aromatic carbocycles. The summed E-state index contributed by atoms with van der Waals surface area (Å²) >= 11 is 0. The Balaban J connectivity index is 2.21. The van der Waals surface area contributed by atoms with Crippen LogP contribution in [-0.4, -0.2) is 0 Å². The van der Waals surface area contributed by atoms with Crippen molar-refractivity contribution in [2.45, 2.75) is 26.7 Å². The highest BCUT2D eigenvalue weighted by molar-refractivity contribution is 5.00. The molecular weight excluding hydrogens is 108 g/mol. The van der Waals surface area contributed by atoms with Crippen molar-refractivity contribution in [2.75, 3.05) is 0 Å². The van der Waals surface area contributed by atoms with Gasteiger partial charge < -0.3 is 0 Å². The maximum absolute atomic E-state index is 5.25. The Labute approximate surface area is 57.7 Å². The predicted octanol–water partition coefficient (Wildman–Crippen LogP) is 2.30. The fourth-order valence-corrected chi connectivity index (χ4v) is 1.34. The highest BCUT2D eigenvalue weighted by atomic mass is 14.3. The molecule has 1 aliphatic carbocycles. The maximum Gasteiger partial charge on any atom is 0.0205 e. The van der Waals surface area contributed by atoms with Gasteiger partial charge in [0, 0.05) is 5.92 Å². The van der Waals surface area contributed by atoms with Crippen LogP contribution < -0.4 is 0 Å². The monoisotopic (exact) mass is 122 g/mol. The Morgan fingerprint density at radius 1 is 1.44 bits per heavy atom. The van der Waals surface area contributed by atoms with Gasteiger partial charge in [-0.3, -0.25) is 0 Å². The molecule has 0 nitrogen and oxygen atoms in total. The van der Waals surface area contributed by atoms with E-state index in [-0.39, 0.29) is 0 Å². The Bertz CT molecular complexity index is 121. The van der Waals surface area contributed by atoms with E-state index < -0.39 is 0 Å². The summed E-state index contributed by atoms with van der Waals surface area (Å²) in [6, 6.07) is 0. The molecule has 0 aliphatic heterocycles. The first kappa shape index (κ1) is 6.68. The molecule has 50 valence electrons. The third kappa shape index (κ3) is 1.27. The first-order chi connectivity index (χ1) is 4.24. The summed E-state index contributed by atoms with van der Waals surface area (Å²) < 4.78 is 0. The minimum Gasteiger partial charge on any atom is -0.120 e. The molecule has 0 amide bonds. The van der Waals surface area contributed by atoms with E-state index in [2.05, 4.69) is 19.8 Å². The number of terminal acetylenes is 1. The summed E-state index contributed by atoms with van der Waals surface area (Å²) in [6.45, 7) is 4.55. The summed E-state index contributed by atoms with van der Waals surface area (Å²) in [7, 11) is 0. The van der Waals surface area contributed by atoms with Crippen molar-refractivity contribution in [2.24, 2.45) is 17.8 Å². The zero-order valence-corrected chi connectivity index (χ0v) is 6.22. The van der Waals surface area contributed by atoms with Crippen molar-refractivity contribution in [3.63, 3.8) is 0 Å². The molecule has 1 saturated carbocycles. The van der Waals surface area contributed by atoms with Gasteiger partial charge in [0.2, 0.25) is 0 Å². The molecule has 0 bridgehead atoms. The van der Waals surface area contributed by atoms with Crippen molar-refractivity contribution in [1.82, 2.24) is 0 Å². The highest BCUT2D eigenvalue weighted by Crippen LogP contribution is 2.37. The van der Waals surface area contributed by atoms with E-state index in [1.54, 1.807) is 0 Å². The van der Waals surface area contributed by atoms with Crippen LogP contribution in [0.25, 0.3) is 0 Å². The Kier molecular flexibility index (Phi) is 1.81. The van der Waals surface area contributed by atoms with Crippen LogP contribution in [0.2, 0.25) is 0 Å². The van der Waals surface area contributed by atoms with Gasteiger partial charge in [-0.1, -0.05) is 13.8 Å². The molecule has 0 N–H and O–H groups in total. The van der Waals surface area contributed by atoms with E-state index in [4.69, 9.17) is 6.42 Å². The molecular formula is C9H14. The number of rotatable bonds is 1. The zero-order valence-electron chi connectivity index (χ0n) is 6.22. The number of hydrogen-bond donors (Lipinski definition) is 0. The van der Waals surface area contributed by atoms with Crippen LogP contribution in [0.15, 0.2) is 0 Å². The van der Waals surface area contributed by atoms with E-state index in [1.165, 1.54) is 12.8 Å². The van der Waals surface area contributed by atoms with Gasteiger partial charge in [-0.15, -0.1) is 12.3 Å². The average molecular weight is 122 g/mol. The van der Waals surface area contributed by atoms with Gasteiger partial charge >= 0.3 is 0 Å². The van der Waals surface area contributed by atoms with Crippen molar-refractivity contribution in [3.05, 3.63) is 0 Å². The van der Waals surface area contributed by atoms with Gasteiger partial charge in [0.05, 0.1) is 0 Å². The van der Waals surface area contributed by atoms with E-state index in [0.717, 1.165) is 11.8 Å². The van der Waals surface area contributed by atoms with E-state index in [9.17, 15) is 0 Å². The van der Waals surface area contributed by atoms with Gasteiger partial charge in [0.15, 0.2) is 0 Å². The molecule has 1 rings (SSSR count). The highest BCUT2D eigenvalue weighted by Gasteiger charge is 2.29. The molecule has 0 spiro atoms. The lowest BCUT2D eigenvalue weighted by molar-refractivity contribution is 0.184. The van der Waals surface area contributed by atoms with Crippen LogP contribution in [0.1, 0.15) is 26.7 Å². The standard InChI is InChI=1S/C9H14/c1-4-8-5-9(6-8)7(2)3/h1,7-9H,5-6H2,2-3H3. The molecule has 0 radical (unpaired) electrons. The maximum atomic E-state index is 5.25. The molecule has 0 heterocycles.